The molecule has 8 heteroatoms. The van der Waals surface area contributed by atoms with Crippen molar-refractivity contribution in [3.63, 3.8) is 0 Å². The average molecular weight is 391 g/mol. The molecule has 0 aliphatic carbocycles. The second-order valence-corrected chi connectivity index (χ2v) is 6.73. The van der Waals surface area contributed by atoms with Gasteiger partial charge < -0.3 is 16.0 Å². The van der Waals surface area contributed by atoms with Gasteiger partial charge in [-0.2, -0.15) is 13.2 Å². The van der Waals surface area contributed by atoms with E-state index >= 15 is 0 Å². The minimum absolute atomic E-state index is 0.109. The second-order valence-electron chi connectivity index (χ2n) is 6.73. The van der Waals surface area contributed by atoms with E-state index in [4.69, 9.17) is 0 Å². The number of anilines is 2. The third-order valence-corrected chi connectivity index (χ3v) is 4.42. The molecule has 1 heterocycles. The zero-order valence-electron chi connectivity index (χ0n) is 15.0. The topological polar surface area (TPSA) is 70.2 Å². The third kappa shape index (κ3) is 5.73. The number of carbonyl (C=O) groups is 2. The molecule has 0 aromatic heterocycles. The van der Waals surface area contributed by atoms with Crippen LogP contribution >= 0.6 is 0 Å². The Bertz CT molecular complexity index is 833. The molecule has 2 aromatic carbocycles. The van der Waals surface area contributed by atoms with Gasteiger partial charge in [0.05, 0.1) is 12.3 Å². The van der Waals surface area contributed by atoms with Crippen molar-refractivity contribution in [3.8, 4) is 0 Å². The van der Waals surface area contributed by atoms with E-state index in [2.05, 4.69) is 16.0 Å². The van der Waals surface area contributed by atoms with Crippen LogP contribution in [0.2, 0.25) is 0 Å². The fourth-order valence-electron chi connectivity index (χ4n) is 2.93. The first-order valence-electron chi connectivity index (χ1n) is 8.84. The molecule has 1 unspecified atom stereocenters. The first-order valence-corrected chi connectivity index (χ1v) is 8.84. The van der Waals surface area contributed by atoms with Gasteiger partial charge in [0.1, 0.15) is 0 Å². The summed E-state index contributed by atoms with van der Waals surface area (Å²) in [6.45, 7) is 0.727. The number of carbonyl (C=O) groups excluding carboxylic acids is 2. The number of hydrogen-bond donors (Lipinski definition) is 3. The fraction of sp³-hybridized carbons (Fsp3) is 0.300. The molecule has 1 aliphatic heterocycles. The highest BCUT2D eigenvalue weighted by molar-refractivity contribution is 5.89. The Morgan fingerprint density at radius 3 is 2.07 bits per heavy atom. The molecule has 5 nitrogen and oxygen atoms in total. The van der Waals surface area contributed by atoms with Crippen LogP contribution in [0.25, 0.3) is 0 Å². The number of nitrogens with one attached hydrogen (secondary N) is 3. The lowest BCUT2D eigenvalue weighted by Crippen LogP contribution is -2.31. The lowest BCUT2D eigenvalue weighted by atomic mass is 10.1. The van der Waals surface area contributed by atoms with Crippen molar-refractivity contribution in [2.75, 3.05) is 11.9 Å². The highest BCUT2D eigenvalue weighted by Gasteiger charge is 2.28. The molecule has 3 rings (SSSR count). The highest BCUT2D eigenvalue weighted by atomic mass is 19.4. The Hall–Kier alpha value is -3.03. The van der Waals surface area contributed by atoms with E-state index in [-0.39, 0.29) is 29.7 Å². The summed E-state index contributed by atoms with van der Waals surface area (Å²) < 4.78 is 37.2. The van der Waals surface area contributed by atoms with Crippen molar-refractivity contribution < 1.29 is 22.8 Å². The minimum atomic E-state index is -4.22. The van der Waals surface area contributed by atoms with Crippen LogP contribution in [0.5, 0.6) is 0 Å². The SMILES string of the molecule is O=C1CC(C(=O)NCc2ccc(Nc3ccc(CC(F)(F)F)cc3)cc2)CN1. The summed E-state index contributed by atoms with van der Waals surface area (Å²) in [5, 5.41) is 8.56. The van der Waals surface area contributed by atoms with Crippen LogP contribution in [0.4, 0.5) is 24.5 Å². The van der Waals surface area contributed by atoms with Crippen LogP contribution in [-0.2, 0) is 22.6 Å². The van der Waals surface area contributed by atoms with Gasteiger partial charge in [-0.25, -0.2) is 0 Å². The van der Waals surface area contributed by atoms with E-state index in [1.807, 2.05) is 24.3 Å². The molecule has 1 fully saturated rings. The number of halogens is 3. The van der Waals surface area contributed by atoms with Gasteiger partial charge in [0.2, 0.25) is 11.8 Å². The molecular weight excluding hydrogens is 371 g/mol. The summed E-state index contributed by atoms with van der Waals surface area (Å²) in [6.07, 6.45) is -4.95. The minimum Gasteiger partial charge on any atom is -0.356 e. The summed E-state index contributed by atoms with van der Waals surface area (Å²) in [7, 11) is 0. The standard InChI is InChI=1S/C20H20F3N3O2/c21-20(22,23)10-13-1-5-16(6-2-13)26-17-7-3-14(4-8-17)11-25-19(28)15-9-18(27)24-12-15/h1-8,15,26H,9-12H2,(H,24,27)(H,25,28). The summed E-state index contributed by atoms with van der Waals surface area (Å²) in [5.74, 6) is -0.588. The van der Waals surface area contributed by atoms with Crippen molar-refractivity contribution >= 4 is 23.2 Å². The Kier molecular flexibility index (Phi) is 5.87. The van der Waals surface area contributed by atoms with Crippen molar-refractivity contribution in [1.29, 1.82) is 0 Å². The second kappa shape index (κ2) is 8.33. The van der Waals surface area contributed by atoms with E-state index in [1.165, 1.54) is 12.1 Å². The monoisotopic (exact) mass is 391 g/mol. The number of hydrogen-bond acceptors (Lipinski definition) is 3. The molecule has 2 amide bonds. The lowest BCUT2D eigenvalue weighted by Gasteiger charge is -2.11. The molecular formula is C20H20F3N3O2. The molecule has 3 N–H and O–H groups in total. The first-order chi connectivity index (χ1) is 13.3. The van der Waals surface area contributed by atoms with Gasteiger partial charge in [0.15, 0.2) is 0 Å². The van der Waals surface area contributed by atoms with Crippen molar-refractivity contribution in [1.82, 2.24) is 10.6 Å². The molecule has 0 radical (unpaired) electrons. The predicted octanol–water partition coefficient (Wildman–Crippen LogP) is 3.29. The summed E-state index contributed by atoms with van der Waals surface area (Å²) >= 11 is 0. The van der Waals surface area contributed by atoms with E-state index < -0.39 is 12.6 Å². The first kappa shape index (κ1) is 19.7. The molecule has 0 bridgehead atoms. The van der Waals surface area contributed by atoms with E-state index in [9.17, 15) is 22.8 Å². The number of rotatable bonds is 6. The lowest BCUT2D eigenvalue weighted by molar-refractivity contribution is -0.127. The largest absolute Gasteiger partial charge is 0.393 e. The molecule has 2 aromatic rings. The molecule has 0 spiro atoms. The summed E-state index contributed by atoms with van der Waals surface area (Å²) in [6, 6.07) is 13.4. The Morgan fingerprint density at radius 2 is 1.57 bits per heavy atom. The number of benzene rings is 2. The van der Waals surface area contributed by atoms with Gasteiger partial charge in [0, 0.05) is 30.9 Å². The van der Waals surface area contributed by atoms with Crippen LogP contribution in [0, 0.1) is 5.92 Å². The van der Waals surface area contributed by atoms with Crippen LogP contribution < -0.4 is 16.0 Å². The van der Waals surface area contributed by atoms with Gasteiger partial charge in [-0.1, -0.05) is 24.3 Å². The van der Waals surface area contributed by atoms with Crippen molar-refractivity contribution in [3.05, 3.63) is 59.7 Å². The number of alkyl halides is 3. The molecule has 148 valence electrons. The van der Waals surface area contributed by atoms with Crippen LogP contribution in [0.1, 0.15) is 17.5 Å². The Balaban J connectivity index is 1.50. The maximum absolute atomic E-state index is 12.4. The molecule has 28 heavy (non-hydrogen) atoms. The Morgan fingerprint density at radius 1 is 1.00 bits per heavy atom. The zero-order valence-corrected chi connectivity index (χ0v) is 15.0. The summed E-state index contributed by atoms with van der Waals surface area (Å²) in [4.78, 5) is 23.2. The predicted molar refractivity (Wildman–Crippen MR) is 98.9 cm³/mol. The van der Waals surface area contributed by atoms with Crippen LogP contribution in [0.3, 0.4) is 0 Å². The maximum atomic E-state index is 12.4. The van der Waals surface area contributed by atoms with Gasteiger partial charge >= 0.3 is 6.18 Å². The number of amides is 2. The van der Waals surface area contributed by atoms with E-state index in [0.29, 0.717) is 18.8 Å². The van der Waals surface area contributed by atoms with Crippen LogP contribution in [-0.4, -0.2) is 24.5 Å². The molecule has 1 saturated heterocycles. The average Bonchev–Trinajstić information content (AvgIpc) is 3.08. The third-order valence-electron chi connectivity index (χ3n) is 4.42. The highest BCUT2D eigenvalue weighted by Crippen LogP contribution is 2.23. The van der Waals surface area contributed by atoms with Crippen molar-refractivity contribution in [2.24, 2.45) is 5.92 Å². The quantitative estimate of drug-likeness (QED) is 0.708. The van der Waals surface area contributed by atoms with Crippen LogP contribution in [0.15, 0.2) is 48.5 Å². The van der Waals surface area contributed by atoms with Gasteiger partial charge in [0.25, 0.3) is 0 Å². The maximum Gasteiger partial charge on any atom is 0.393 e. The molecule has 1 aliphatic rings. The Labute approximate surface area is 160 Å². The van der Waals surface area contributed by atoms with Gasteiger partial charge in [-0.15, -0.1) is 0 Å². The van der Waals surface area contributed by atoms with Gasteiger partial charge in [-0.05, 0) is 35.4 Å². The molecule has 0 saturated carbocycles. The summed E-state index contributed by atoms with van der Waals surface area (Å²) in [5.41, 5.74) is 2.58. The van der Waals surface area contributed by atoms with E-state index in [1.54, 1.807) is 12.1 Å². The fourth-order valence-corrected chi connectivity index (χ4v) is 2.93. The smallest absolute Gasteiger partial charge is 0.356 e. The van der Waals surface area contributed by atoms with E-state index in [0.717, 1.165) is 11.3 Å². The zero-order chi connectivity index (χ0) is 20.1. The van der Waals surface area contributed by atoms with Crippen molar-refractivity contribution in [2.45, 2.75) is 25.6 Å². The molecule has 1 atom stereocenters. The van der Waals surface area contributed by atoms with Gasteiger partial charge in [-0.3, -0.25) is 9.59 Å². The normalized spacial score (nSPS) is 16.5.